The van der Waals surface area contributed by atoms with E-state index in [2.05, 4.69) is 24.6 Å². The highest BCUT2D eigenvalue weighted by Crippen LogP contribution is 2.07. The molecule has 0 amide bonds. The second-order valence-electron chi connectivity index (χ2n) is 4.92. The Morgan fingerprint density at radius 3 is 2.50 bits per heavy atom. The molecule has 1 aliphatic heterocycles. The van der Waals surface area contributed by atoms with Crippen LogP contribution in [0, 0.1) is 6.92 Å². The van der Waals surface area contributed by atoms with Crippen molar-refractivity contribution in [1.29, 1.82) is 0 Å². The van der Waals surface area contributed by atoms with Gasteiger partial charge in [0, 0.05) is 26.7 Å². The van der Waals surface area contributed by atoms with Gasteiger partial charge in [0.15, 0.2) is 0 Å². The molecule has 0 aliphatic carbocycles. The molecule has 1 aromatic heterocycles. The van der Waals surface area contributed by atoms with Gasteiger partial charge in [0.05, 0.1) is 13.2 Å². The van der Waals surface area contributed by atoms with E-state index in [1.807, 2.05) is 14.0 Å². The van der Waals surface area contributed by atoms with E-state index in [9.17, 15) is 0 Å². The zero-order valence-corrected chi connectivity index (χ0v) is 11.3. The number of aryl methyl sites for hydroxylation is 1. The van der Waals surface area contributed by atoms with Crippen molar-refractivity contribution >= 4 is 0 Å². The van der Waals surface area contributed by atoms with Gasteiger partial charge in [-0.2, -0.15) is 0 Å². The minimum atomic E-state index is 0.252. The average molecular weight is 253 g/mol. The predicted octanol–water partition coefficient (Wildman–Crippen LogP) is -0.376. The van der Waals surface area contributed by atoms with Gasteiger partial charge < -0.3 is 9.67 Å². The van der Waals surface area contributed by atoms with E-state index in [0.29, 0.717) is 0 Å². The third kappa shape index (κ3) is 3.28. The smallest absolute Gasteiger partial charge is 0.146 e. The van der Waals surface area contributed by atoms with Crippen molar-refractivity contribution in [2.45, 2.75) is 19.9 Å². The maximum absolute atomic E-state index is 8.97. The van der Waals surface area contributed by atoms with E-state index in [4.69, 9.17) is 5.11 Å². The fourth-order valence-electron chi connectivity index (χ4n) is 2.34. The molecule has 6 nitrogen and oxygen atoms in total. The van der Waals surface area contributed by atoms with Crippen LogP contribution in [0.3, 0.4) is 0 Å². The molecule has 6 heteroatoms. The summed E-state index contributed by atoms with van der Waals surface area (Å²) < 4.78 is 2.05. The minimum absolute atomic E-state index is 0.252. The van der Waals surface area contributed by atoms with Crippen molar-refractivity contribution in [3.05, 3.63) is 11.6 Å². The van der Waals surface area contributed by atoms with Crippen LogP contribution in [0.25, 0.3) is 0 Å². The molecule has 0 bridgehead atoms. The minimum Gasteiger partial charge on any atom is -0.395 e. The Bertz CT molecular complexity index is 379. The summed E-state index contributed by atoms with van der Waals surface area (Å²) in [6.07, 6.45) is 1.15. The molecule has 18 heavy (non-hydrogen) atoms. The van der Waals surface area contributed by atoms with E-state index in [1.165, 1.54) is 0 Å². The molecule has 1 fully saturated rings. The van der Waals surface area contributed by atoms with Crippen molar-refractivity contribution in [1.82, 2.24) is 24.6 Å². The molecule has 0 radical (unpaired) electrons. The molecular formula is C12H23N5O. The highest BCUT2D eigenvalue weighted by molar-refractivity contribution is 4.92. The van der Waals surface area contributed by atoms with Gasteiger partial charge in [0.1, 0.15) is 11.6 Å². The van der Waals surface area contributed by atoms with Crippen LogP contribution >= 0.6 is 0 Å². The lowest BCUT2D eigenvalue weighted by molar-refractivity contribution is 0.195. The van der Waals surface area contributed by atoms with Crippen molar-refractivity contribution in [3.63, 3.8) is 0 Å². The number of hydrogen-bond donors (Lipinski definition) is 1. The van der Waals surface area contributed by atoms with Crippen molar-refractivity contribution in [2.75, 3.05) is 39.3 Å². The van der Waals surface area contributed by atoms with Gasteiger partial charge in [-0.15, -0.1) is 10.2 Å². The van der Waals surface area contributed by atoms with Crippen LogP contribution in [0.15, 0.2) is 0 Å². The summed E-state index contributed by atoms with van der Waals surface area (Å²) in [5.74, 6) is 1.99. The average Bonchev–Trinajstić information content (AvgIpc) is 2.57. The zero-order chi connectivity index (χ0) is 13.0. The second kappa shape index (κ2) is 6.26. The highest BCUT2D eigenvalue weighted by Gasteiger charge is 2.16. The molecule has 1 saturated heterocycles. The van der Waals surface area contributed by atoms with E-state index < -0.39 is 0 Å². The van der Waals surface area contributed by atoms with Crippen LogP contribution < -0.4 is 0 Å². The Hall–Kier alpha value is -0.980. The standard InChI is InChI=1S/C12H23N5O/c1-11-13-14-12(15(11)2)10-17-5-3-4-16(6-7-17)8-9-18/h18H,3-10H2,1-2H3. The van der Waals surface area contributed by atoms with Crippen LogP contribution in [0.1, 0.15) is 18.1 Å². The van der Waals surface area contributed by atoms with Crippen molar-refractivity contribution < 1.29 is 5.11 Å². The molecule has 1 N–H and O–H groups in total. The number of β-amino-alcohol motifs (C(OH)–C–C–N with tert-alkyl or cyclic N) is 1. The number of rotatable bonds is 4. The third-order valence-corrected chi connectivity index (χ3v) is 3.65. The second-order valence-corrected chi connectivity index (χ2v) is 4.92. The van der Waals surface area contributed by atoms with E-state index in [0.717, 1.165) is 57.3 Å². The molecule has 2 heterocycles. The molecule has 2 rings (SSSR count). The van der Waals surface area contributed by atoms with Crippen LogP contribution in [-0.4, -0.2) is 69.0 Å². The highest BCUT2D eigenvalue weighted by atomic mass is 16.3. The van der Waals surface area contributed by atoms with Crippen LogP contribution in [-0.2, 0) is 13.6 Å². The molecule has 0 saturated carbocycles. The Balaban J connectivity index is 1.89. The predicted molar refractivity (Wildman–Crippen MR) is 69.2 cm³/mol. The molecule has 0 aromatic carbocycles. The molecule has 1 aromatic rings. The molecular weight excluding hydrogens is 230 g/mol. The Morgan fingerprint density at radius 2 is 1.83 bits per heavy atom. The van der Waals surface area contributed by atoms with Gasteiger partial charge in [-0.25, -0.2) is 0 Å². The van der Waals surface area contributed by atoms with Crippen molar-refractivity contribution in [2.24, 2.45) is 7.05 Å². The monoisotopic (exact) mass is 253 g/mol. The Labute approximate surface area is 108 Å². The number of aliphatic hydroxyl groups excluding tert-OH is 1. The molecule has 102 valence electrons. The largest absolute Gasteiger partial charge is 0.395 e. The summed E-state index contributed by atoms with van der Waals surface area (Å²) in [7, 11) is 2.01. The van der Waals surface area contributed by atoms with Gasteiger partial charge in [-0.05, 0) is 26.4 Å². The zero-order valence-electron chi connectivity index (χ0n) is 11.3. The lowest BCUT2D eigenvalue weighted by Gasteiger charge is -2.20. The first-order chi connectivity index (χ1) is 8.70. The molecule has 1 aliphatic rings. The van der Waals surface area contributed by atoms with E-state index in [-0.39, 0.29) is 6.61 Å². The fraction of sp³-hybridized carbons (Fsp3) is 0.833. The molecule has 0 atom stereocenters. The van der Waals surface area contributed by atoms with Gasteiger partial charge >= 0.3 is 0 Å². The van der Waals surface area contributed by atoms with Crippen molar-refractivity contribution in [3.8, 4) is 0 Å². The maximum Gasteiger partial charge on any atom is 0.146 e. The lowest BCUT2D eigenvalue weighted by atomic mass is 10.3. The van der Waals surface area contributed by atoms with Gasteiger partial charge in [-0.1, -0.05) is 0 Å². The van der Waals surface area contributed by atoms with Crippen LogP contribution in [0.5, 0.6) is 0 Å². The van der Waals surface area contributed by atoms with Gasteiger partial charge in [-0.3, -0.25) is 9.80 Å². The van der Waals surface area contributed by atoms with E-state index >= 15 is 0 Å². The van der Waals surface area contributed by atoms with Crippen LogP contribution in [0.2, 0.25) is 0 Å². The Kier molecular flexibility index (Phi) is 4.68. The maximum atomic E-state index is 8.97. The van der Waals surface area contributed by atoms with Gasteiger partial charge in [0.2, 0.25) is 0 Å². The van der Waals surface area contributed by atoms with Crippen LogP contribution in [0.4, 0.5) is 0 Å². The first-order valence-corrected chi connectivity index (χ1v) is 6.61. The molecule has 0 spiro atoms. The number of nitrogens with zero attached hydrogens (tertiary/aromatic N) is 5. The normalized spacial score (nSPS) is 19.1. The first-order valence-electron chi connectivity index (χ1n) is 6.61. The quantitative estimate of drug-likeness (QED) is 0.793. The topological polar surface area (TPSA) is 57.4 Å². The summed E-state index contributed by atoms with van der Waals surface area (Å²) >= 11 is 0. The first kappa shape index (κ1) is 13.5. The summed E-state index contributed by atoms with van der Waals surface area (Å²) in [5.41, 5.74) is 0. The summed E-state index contributed by atoms with van der Waals surface area (Å²) in [4.78, 5) is 4.74. The fourth-order valence-corrected chi connectivity index (χ4v) is 2.34. The third-order valence-electron chi connectivity index (χ3n) is 3.65. The lowest BCUT2D eigenvalue weighted by Crippen LogP contribution is -2.32. The summed E-state index contributed by atoms with van der Waals surface area (Å²) in [6.45, 7) is 8.11. The SMILES string of the molecule is Cc1nnc(CN2CCCN(CCO)CC2)n1C. The Morgan fingerprint density at radius 1 is 1.11 bits per heavy atom. The number of hydrogen-bond acceptors (Lipinski definition) is 5. The summed E-state index contributed by atoms with van der Waals surface area (Å²) in [5, 5.41) is 17.3. The molecule has 0 unspecified atom stereocenters. The summed E-state index contributed by atoms with van der Waals surface area (Å²) in [6, 6.07) is 0. The number of aromatic nitrogens is 3. The number of aliphatic hydroxyl groups is 1. The van der Waals surface area contributed by atoms with E-state index in [1.54, 1.807) is 0 Å². The van der Waals surface area contributed by atoms with Gasteiger partial charge in [0.25, 0.3) is 0 Å².